The van der Waals surface area contributed by atoms with Gasteiger partial charge in [0.05, 0.1) is 6.21 Å². The van der Waals surface area contributed by atoms with Gasteiger partial charge in [0.15, 0.2) is 5.82 Å². The van der Waals surface area contributed by atoms with Gasteiger partial charge in [-0.3, -0.25) is 0 Å². The lowest BCUT2D eigenvalue weighted by atomic mass is 10.1. The number of aryl methyl sites for hydroxylation is 1. The Morgan fingerprint density at radius 3 is 3.00 bits per heavy atom. The number of H-pyrrole nitrogens is 1. The number of thiophene rings is 1. The second-order valence-electron chi connectivity index (χ2n) is 4.29. The summed E-state index contributed by atoms with van der Waals surface area (Å²) in [6.07, 6.45) is 1.79. The van der Waals surface area contributed by atoms with Crippen LogP contribution in [0.4, 0.5) is 0 Å². The largest absolute Gasteiger partial charge is 0.250 e. The molecule has 0 amide bonds. The van der Waals surface area contributed by atoms with Crippen LogP contribution in [0.15, 0.2) is 46.9 Å². The van der Waals surface area contributed by atoms with E-state index in [-0.39, 0.29) is 0 Å². The lowest BCUT2D eigenvalue weighted by Gasteiger charge is -2.01. The molecule has 0 atom stereocenters. The predicted octanol–water partition coefficient (Wildman–Crippen LogP) is 3.86. The van der Waals surface area contributed by atoms with Crippen molar-refractivity contribution in [1.82, 2.24) is 14.9 Å². The minimum atomic E-state index is 0.481. The van der Waals surface area contributed by atoms with Crippen molar-refractivity contribution < 1.29 is 0 Å². The lowest BCUT2D eigenvalue weighted by Crippen LogP contribution is -1.94. The van der Waals surface area contributed by atoms with Gasteiger partial charge in [0, 0.05) is 10.4 Å². The third kappa shape index (κ3) is 2.61. The Bertz CT molecular complexity index is 797. The minimum absolute atomic E-state index is 0.481. The maximum Gasteiger partial charge on any atom is 0.216 e. The summed E-state index contributed by atoms with van der Waals surface area (Å²) in [7, 11) is 0. The van der Waals surface area contributed by atoms with E-state index in [9.17, 15) is 0 Å². The van der Waals surface area contributed by atoms with Crippen molar-refractivity contribution in [3.63, 3.8) is 0 Å². The summed E-state index contributed by atoms with van der Waals surface area (Å²) in [5.41, 5.74) is 2.16. The summed E-state index contributed by atoms with van der Waals surface area (Å²) in [4.78, 5) is 1.07. The highest BCUT2D eigenvalue weighted by atomic mass is 32.1. The van der Waals surface area contributed by atoms with Crippen LogP contribution in [0.5, 0.6) is 0 Å². The summed E-state index contributed by atoms with van der Waals surface area (Å²) >= 11 is 6.86. The summed E-state index contributed by atoms with van der Waals surface area (Å²) in [6.45, 7) is 2.05. The molecule has 0 aliphatic heterocycles. The molecule has 0 bridgehead atoms. The van der Waals surface area contributed by atoms with Gasteiger partial charge < -0.3 is 0 Å². The van der Waals surface area contributed by atoms with Crippen molar-refractivity contribution in [2.75, 3.05) is 0 Å². The van der Waals surface area contributed by atoms with Crippen LogP contribution in [0.1, 0.15) is 10.4 Å². The monoisotopic (exact) mass is 300 g/mol. The molecule has 100 valence electrons. The van der Waals surface area contributed by atoms with Crippen LogP contribution in [0.2, 0.25) is 0 Å². The Morgan fingerprint density at radius 1 is 1.35 bits per heavy atom. The van der Waals surface area contributed by atoms with Crippen molar-refractivity contribution >= 4 is 29.8 Å². The molecular weight excluding hydrogens is 288 g/mol. The second kappa shape index (κ2) is 5.52. The standard InChI is InChI=1S/C14H12N4S2/c1-10-4-2-5-11(8-10)13-16-17-14(19)18(13)15-9-12-6-3-7-20-12/h2-9H,1H3,(H,17,19). The van der Waals surface area contributed by atoms with E-state index in [1.54, 1.807) is 22.2 Å². The summed E-state index contributed by atoms with van der Waals surface area (Å²) in [5.74, 6) is 0.714. The second-order valence-corrected chi connectivity index (χ2v) is 5.66. The van der Waals surface area contributed by atoms with Crippen LogP contribution in [0.3, 0.4) is 0 Å². The molecule has 0 fully saturated rings. The van der Waals surface area contributed by atoms with Crippen molar-refractivity contribution in [2.24, 2.45) is 5.10 Å². The maximum atomic E-state index is 5.24. The molecule has 0 spiro atoms. The zero-order valence-corrected chi connectivity index (χ0v) is 12.4. The van der Waals surface area contributed by atoms with Gasteiger partial charge in [-0.05, 0) is 36.7 Å². The van der Waals surface area contributed by atoms with Crippen LogP contribution >= 0.6 is 23.6 Å². The molecule has 0 saturated heterocycles. The van der Waals surface area contributed by atoms with E-state index in [2.05, 4.69) is 21.4 Å². The Morgan fingerprint density at radius 2 is 2.25 bits per heavy atom. The normalized spacial score (nSPS) is 11.2. The molecule has 3 rings (SSSR count). The summed E-state index contributed by atoms with van der Waals surface area (Å²) < 4.78 is 2.12. The first kappa shape index (κ1) is 13.0. The smallest absolute Gasteiger partial charge is 0.216 e. The average Bonchev–Trinajstić information content (AvgIpc) is 3.06. The first-order valence-corrected chi connectivity index (χ1v) is 7.35. The number of aromatic amines is 1. The molecule has 0 saturated carbocycles. The van der Waals surface area contributed by atoms with Crippen molar-refractivity contribution in [2.45, 2.75) is 6.92 Å². The van der Waals surface area contributed by atoms with Gasteiger partial charge >= 0.3 is 0 Å². The molecule has 20 heavy (non-hydrogen) atoms. The van der Waals surface area contributed by atoms with Crippen molar-refractivity contribution in [3.8, 4) is 11.4 Å². The Labute approximate surface area is 125 Å². The molecule has 0 unspecified atom stereocenters. The summed E-state index contributed by atoms with van der Waals surface area (Å²) in [6, 6.07) is 12.1. The molecule has 2 aromatic heterocycles. The van der Waals surface area contributed by atoms with Gasteiger partial charge in [0.25, 0.3) is 0 Å². The van der Waals surface area contributed by atoms with Gasteiger partial charge in [0.1, 0.15) is 0 Å². The van der Waals surface area contributed by atoms with Crippen molar-refractivity contribution in [1.29, 1.82) is 0 Å². The van der Waals surface area contributed by atoms with Gasteiger partial charge in [-0.2, -0.15) is 14.9 Å². The molecular formula is C14H12N4S2. The molecule has 1 N–H and O–H groups in total. The topological polar surface area (TPSA) is 46.0 Å². The molecule has 6 heteroatoms. The van der Waals surface area contributed by atoms with E-state index in [0.717, 1.165) is 10.4 Å². The molecule has 4 nitrogen and oxygen atoms in total. The highest BCUT2D eigenvalue weighted by molar-refractivity contribution is 7.71. The van der Waals surface area contributed by atoms with E-state index in [1.807, 2.05) is 42.6 Å². The molecule has 0 aliphatic carbocycles. The quantitative estimate of drug-likeness (QED) is 0.590. The molecule has 0 radical (unpaired) electrons. The van der Waals surface area contributed by atoms with E-state index in [0.29, 0.717) is 10.6 Å². The number of benzene rings is 1. The van der Waals surface area contributed by atoms with E-state index in [4.69, 9.17) is 12.2 Å². The Balaban J connectivity index is 2.04. The fourth-order valence-corrected chi connectivity index (χ4v) is 2.61. The van der Waals surface area contributed by atoms with Crippen LogP contribution < -0.4 is 0 Å². The molecule has 1 aromatic carbocycles. The SMILES string of the molecule is Cc1cccc(-c2n[nH]c(=S)n2N=Cc2cccs2)c1. The number of aromatic nitrogens is 3. The minimum Gasteiger partial charge on any atom is -0.250 e. The molecule has 3 aromatic rings. The average molecular weight is 300 g/mol. The molecule has 2 heterocycles. The van der Waals surface area contributed by atoms with Crippen LogP contribution in [0, 0.1) is 11.7 Å². The number of hydrogen-bond donors (Lipinski definition) is 1. The Hall–Kier alpha value is -2.05. The maximum absolute atomic E-state index is 5.24. The van der Waals surface area contributed by atoms with Crippen molar-refractivity contribution in [3.05, 3.63) is 57.0 Å². The number of nitrogens with one attached hydrogen (secondary N) is 1. The van der Waals surface area contributed by atoms with E-state index < -0.39 is 0 Å². The highest BCUT2D eigenvalue weighted by Crippen LogP contribution is 2.18. The van der Waals surface area contributed by atoms with Gasteiger partial charge in [-0.1, -0.05) is 29.8 Å². The van der Waals surface area contributed by atoms with E-state index in [1.165, 1.54) is 5.56 Å². The predicted molar refractivity (Wildman–Crippen MR) is 84.9 cm³/mol. The van der Waals surface area contributed by atoms with Gasteiger partial charge in [-0.25, -0.2) is 5.10 Å². The summed E-state index contributed by atoms with van der Waals surface area (Å²) in [5, 5.41) is 13.5. The van der Waals surface area contributed by atoms with Gasteiger partial charge in [0.2, 0.25) is 4.77 Å². The number of hydrogen-bond acceptors (Lipinski definition) is 4. The fourth-order valence-electron chi connectivity index (χ4n) is 1.85. The third-order valence-electron chi connectivity index (χ3n) is 2.77. The number of nitrogens with zero attached hydrogens (tertiary/aromatic N) is 3. The zero-order valence-electron chi connectivity index (χ0n) is 10.8. The van der Waals surface area contributed by atoms with Gasteiger partial charge in [-0.15, -0.1) is 11.3 Å². The first-order valence-electron chi connectivity index (χ1n) is 6.06. The molecule has 0 aliphatic rings. The lowest BCUT2D eigenvalue weighted by molar-refractivity contribution is 0.872. The fraction of sp³-hybridized carbons (Fsp3) is 0.0714. The Kier molecular flexibility index (Phi) is 3.58. The van der Waals surface area contributed by atoms with Crippen LogP contribution in [-0.4, -0.2) is 21.1 Å². The van der Waals surface area contributed by atoms with Crippen LogP contribution in [-0.2, 0) is 0 Å². The number of rotatable bonds is 3. The highest BCUT2D eigenvalue weighted by Gasteiger charge is 2.07. The zero-order chi connectivity index (χ0) is 13.9. The van der Waals surface area contributed by atoms with Crippen LogP contribution in [0.25, 0.3) is 11.4 Å². The first-order chi connectivity index (χ1) is 9.74. The third-order valence-corrected chi connectivity index (χ3v) is 3.84. The van der Waals surface area contributed by atoms with E-state index >= 15 is 0 Å².